The van der Waals surface area contributed by atoms with Crippen LogP contribution in [-0.4, -0.2) is 24.5 Å². The number of nitrogens with one attached hydrogen (secondary N) is 1. The summed E-state index contributed by atoms with van der Waals surface area (Å²) in [7, 11) is 1.65. The predicted molar refractivity (Wildman–Crippen MR) is 124 cm³/mol. The molecule has 1 N–H and O–H groups in total. The molecule has 1 atom stereocenters. The van der Waals surface area contributed by atoms with Gasteiger partial charge in [0.1, 0.15) is 5.75 Å². The molecule has 1 amide bonds. The Morgan fingerprint density at radius 2 is 1.83 bits per heavy atom. The molecule has 0 spiro atoms. The number of amides is 1. The van der Waals surface area contributed by atoms with Crippen LogP contribution in [0, 0.1) is 12.8 Å². The average Bonchev–Trinajstić information content (AvgIpc) is 2.78. The van der Waals surface area contributed by atoms with Gasteiger partial charge >= 0.3 is 0 Å². The van der Waals surface area contributed by atoms with Crippen molar-refractivity contribution in [3.8, 4) is 17.0 Å². The highest BCUT2D eigenvalue weighted by Gasteiger charge is 2.19. The van der Waals surface area contributed by atoms with Gasteiger partial charge in [-0.3, -0.25) is 4.79 Å². The Labute approximate surface area is 179 Å². The van der Waals surface area contributed by atoms with E-state index in [0.717, 1.165) is 51.9 Å². The normalized spacial score (nSPS) is 12.0. The van der Waals surface area contributed by atoms with Crippen molar-refractivity contribution in [2.24, 2.45) is 5.92 Å². The molecule has 0 saturated carbocycles. The highest BCUT2D eigenvalue weighted by atomic mass is 16.5. The van der Waals surface area contributed by atoms with Gasteiger partial charge < -0.3 is 10.1 Å². The number of pyridine rings is 1. The molecule has 3 aromatic rings. The Bertz CT molecular complexity index is 996. The number of unbranched alkanes of at least 4 members (excludes halogenated alkanes) is 1. The summed E-state index contributed by atoms with van der Waals surface area (Å²) in [6.07, 6.45) is 4.62. The van der Waals surface area contributed by atoms with Crippen LogP contribution < -0.4 is 10.1 Å². The minimum Gasteiger partial charge on any atom is -0.497 e. The van der Waals surface area contributed by atoms with Crippen molar-refractivity contribution in [1.82, 2.24) is 10.3 Å². The lowest BCUT2D eigenvalue weighted by Gasteiger charge is -2.18. The molecule has 0 aliphatic carbocycles. The van der Waals surface area contributed by atoms with Gasteiger partial charge in [0, 0.05) is 17.5 Å². The summed E-state index contributed by atoms with van der Waals surface area (Å²) < 4.78 is 5.28. The molecule has 4 heteroatoms. The van der Waals surface area contributed by atoms with Gasteiger partial charge in [-0.2, -0.15) is 0 Å². The number of aromatic nitrogens is 1. The predicted octanol–water partition coefficient (Wildman–Crippen LogP) is 6.17. The van der Waals surface area contributed by atoms with Gasteiger partial charge in [0.15, 0.2) is 0 Å². The van der Waals surface area contributed by atoms with E-state index in [0.29, 0.717) is 12.5 Å². The molecule has 0 fully saturated rings. The fourth-order valence-electron chi connectivity index (χ4n) is 3.90. The van der Waals surface area contributed by atoms with E-state index in [1.165, 1.54) is 12.8 Å². The fraction of sp³-hybridized carbons (Fsp3) is 0.385. The SMILES string of the molecule is CCCC[C@H](CC)CNC(=O)c1c(C)c(-c2ccc(OC)cc2)nc2ccccc12. The van der Waals surface area contributed by atoms with Gasteiger partial charge in [-0.1, -0.05) is 51.3 Å². The van der Waals surface area contributed by atoms with E-state index >= 15 is 0 Å². The second-order valence-electron chi connectivity index (χ2n) is 7.83. The minimum absolute atomic E-state index is 0.0178. The molecule has 0 aliphatic heterocycles. The molecule has 0 saturated heterocycles. The lowest BCUT2D eigenvalue weighted by molar-refractivity contribution is 0.0947. The first-order valence-electron chi connectivity index (χ1n) is 10.9. The summed E-state index contributed by atoms with van der Waals surface area (Å²) in [6, 6.07) is 15.7. The maximum Gasteiger partial charge on any atom is 0.252 e. The highest BCUT2D eigenvalue weighted by molar-refractivity contribution is 6.08. The molecule has 0 radical (unpaired) electrons. The number of ether oxygens (including phenoxy) is 1. The van der Waals surface area contributed by atoms with E-state index in [-0.39, 0.29) is 5.91 Å². The van der Waals surface area contributed by atoms with Gasteiger partial charge in [0.2, 0.25) is 0 Å². The Morgan fingerprint density at radius 3 is 2.50 bits per heavy atom. The molecule has 0 aliphatic rings. The summed E-state index contributed by atoms with van der Waals surface area (Å²) in [5.41, 5.74) is 4.26. The van der Waals surface area contributed by atoms with Crippen molar-refractivity contribution >= 4 is 16.8 Å². The lowest BCUT2D eigenvalue weighted by Crippen LogP contribution is -2.30. The molecule has 2 aromatic carbocycles. The van der Waals surface area contributed by atoms with Crippen LogP contribution in [0.5, 0.6) is 5.75 Å². The number of benzene rings is 2. The van der Waals surface area contributed by atoms with Crippen LogP contribution in [0.15, 0.2) is 48.5 Å². The Kier molecular flexibility index (Phi) is 7.45. The maximum atomic E-state index is 13.3. The van der Waals surface area contributed by atoms with Crippen LogP contribution in [0.25, 0.3) is 22.2 Å². The van der Waals surface area contributed by atoms with E-state index in [2.05, 4.69) is 19.2 Å². The molecule has 1 heterocycles. The third-order valence-electron chi connectivity index (χ3n) is 5.82. The van der Waals surface area contributed by atoms with E-state index < -0.39 is 0 Å². The number of carbonyl (C=O) groups excluding carboxylic acids is 1. The topological polar surface area (TPSA) is 51.2 Å². The zero-order chi connectivity index (χ0) is 21.5. The number of hydrogen-bond donors (Lipinski definition) is 1. The first-order chi connectivity index (χ1) is 14.6. The smallest absolute Gasteiger partial charge is 0.252 e. The maximum absolute atomic E-state index is 13.3. The summed E-state index contributed by atoms with van der Waals surface area (Å²) in [6.45, 7) is 7.10. The first kappa shape index (κ1) is 21.8. The number of rotatable bonds is 9. The summed E-state index contributed by atoms with van der Waals surface area (Å²) >= 11 is 0. The van der Waals surface area contributed by atoms with Crippen LogP contribution >= 0.6 is 0 Å². The molecule has 3 rings (SSSR count). The Balaban J connectivity index is 1.98. The molecular formula is C26H32N2O2. The van der Waals surface area contributed by atoms with Crippen molar-refractivity contribution in [3.05, 3.63) is 59.7 Å². The second-order valence-corrected chi connectivity index (χ2v) is 7.83. The molecule has 1 aromatic heterocycles. The van der Waals surface area contributed by atoms with Crippen LogP contribution in [0.3, 0.4) is 0 Å². The number of carbonyl (C=O) groups is 1. The third-order valence-corrected chi connectivity index (χ3v) is 5.82. The van der Waals surface area contributed by atoms with Crippen molar-refractivity contribution < 1.29 is 9.53 Å². The quantitative estimate of drug-likeness (QED) is 0.464. The van der Waals surface area contributed by atoms with Crippen molar-refractivity contribution in [1.29, 1.82) is 0 Å². The van der Waals surface area contributed by atoms with Gasteiger partial charge in [-0.25, -0.2) is 4.98 Å². The van der Waals surface area contributed by atoms with Gasteiger partial charge in [-0.15, -0.1) is 0 Å². The van der Waals surface area contributed by atoms with E-state index in [4.69, 9.17) is 9.72 Å². The van der Waals surface area contributed by atoms with Crippen molar-refractivity contribution in [2.45, 2.75) is 46.5 Å². The monoisotopic (exact) mass is 404 g/mol. The fourth-order valence-corrected chi connectivity index (χ4v) is 3.90. The third kappa shape index (κ3) is 4.81. The number of para-hydroxylation sites is 1. The largest absolute Gasteiger partial charge is 0.497 e. The van der Waals surface area contributed by atoms with E-state index in [9.17, 15) is 4.79 Å². The van der Waals surface area contributed by atoms with Crippen LogP contribution in [-0.2, 0) is 0 Å². The standard InChI is InChI=1S/C26H32N2O2/c1-5-7-10-19(6-2)17-27-26(29)24-18(3)25(20-13-15-21(30-4)16-14-20)28-23-12-9-8-11-22(23)24/h8-9,11-16,19H,5-7,10,17H2,1-4H3,(H,27,29)/t19-/m0/s1. The zero-order valence-electron chi connectivity index (χ0n) is 18.5. The highest BCUT2D eigenvalue weighted by Crippen LogP contribution is 2.30. The molecule has 4 nitrogen and oxygen atoms in total. The zero-order valence-corrected chi connectivity index (χ0v) is 18.5. The number of methoxy groups -OCH3 is 1. The molecule has 158 valence electrons. The van der Waals surface area contributed by atoms with Crippen LogP contribution in [0.1, 0.15) is 55.5 Å². The van der Waals surface area contributed by atoms with E-state index in [1.807, 2.05) is 55.5 Å². The second kappa shape index (κ2) is 10.2. The average molecular weight is 405 g/mol. The van der Waals surface area contributed by atoms with Gasteiger partial charge in [0.05, 0.1) is 23.9 Å². The lowest BCUT2D eigenvalue weighted by atomic mass is 9.96. The van der Waals surface area contributed by atoms with Crippen molar-refractivity contribution in [2.75, 3.05) is 13.7 Å². The minimum atomic E-state index is -0.0178. The Morgan fingerprint density at radius 1 is 1.10 bits per heavy atom. The summed E-state index contributed by atoms with van der Waals surface area (Å²) in [4.78, 5) is 18.2. The van der Waals surface area contributed by atoms with E-state index in [1.54, 1.807) is 7.11 Å². The summed E-state index contributed by atoms with van der Waals surface area (Å²) in [5, 5.41) is 4.10. The molecular weight excluding hydrogens is 372 g/mol. The molecule has 0 unspecified atom stereocenters. The van der Waals surface area contributed by atoms with Crippen LogP contribution in [0.4, 0.5) is 0 Å². The van der Waals surface area contributed by atoms with Gasteiger partial charge in [0.25, 0.3) is 5.91 Å². The van der Waals surface area contributed by atoms with Crippen LogP contribution in [0.2, 0.25) is 0 Å². The number of fused-ring (bicyclic) bond motifs is 1. The molecule has 0 bridgehead atoms. The number of hydrogen-bond acceptors (Lipinski definition) is 3. The first-order valence-corrected chi connectivity index (χ1v) is 10.9. The molecule has 30 heavy (non-hydrogen) atoms. The Hall–Kier alpha value is -2.88. The summed E-state index contributed by atoms with van der Waals surface area (Å²) in [5.74, 6) is 1.30. The van der Waals surface area contributed by atoms with Gasteiger partial charge in [-0.05, 0) is 55.2 Å². The number of nitrogens with zero attached hydrogens (tertiary/aromatic N) is 1. The van der Waals surface area contributed by atoms with Crippen molar-refractivity contribution in [3.63, 3.8) is 0 Å².